The molecule has 0 fully saturated rings. The van der Waals surface area contributed by atoms with Crippen molar-refractivity contribution in [2.45, 2.75) is 19.9 Å². The van der Waals surface area contributed by atoms with Gasteiger partial charge in [0.2, 0.25) is 11.8 Å². The number of carbonyl (C=O) groups excluding carboxylic acids is 2. The van der Waals surface area contributed by atoms with Crippen LogP contribution in [0.25, 0.3) is 0 Å². The third-order valence-corrected chi connectivity index (χ3v) is 1.93. The van der Waals surface area contributed by atoms with E-state index in [1.165, 1.54) is 7.11 Å². The van der Waals surface area contributed by atoms with Gasteiger partial charge in [-0.25, -0.2) is 0 Å². The fourth-order valence-corrected chi connectivity index (χ4v) is 0.962. The normalized spacial score (nSPS) is 12.3. The van der Waals surface area contributed by atoms with Gasteiger partial charge >= 0.3 is 0 Å². The maximum atomic E-state index is 11.3. The first-order valence-electron chi connectivity index (χ1n) is 5.29. The van der Waals surface area contributed by atoms with E-state index in [1.807, 2.05) is 13.8 Å². The first kappa shape index (κ1) is 14.9. The zero-order chi connectivity index (χ0) is 12.6. The minimum Gasteiger partial charge on any atom is -0.383 e. The van der Waals surface area contributed by atoms with Gasteiger partial charge in [-0.1, -0.05) is 13.8 Å². The Balaban J connectivity index is 3.59. The Morgan fingerprint density at radius 2 is 1.69 bits per heavy atom. The highest BCUT2D eigenvalue weighted by Gasteiger charge is 2.12. The SMILES string of the molecule is COCC(N)C(=O)NCCNC(=O)C(C)C. The summed E-state index contributed by atoms with van der Waals surface area (Å²) in [6.45, 7) is 4.58. The minimum atomic E-state index is -0.661. The lowest BCUT2D eigenvalue weighted by atomic mass is 10.2. The monoisotopic (exact) mass is 231 g/mol. The molecule has 0 aromatic heterocycles. The Hall–Kier alpha value is -1.14. The average molecular weight is 231 g/mol. The molecule has 2 amide bonds. The maximum Gasteiger partial charge on any atom is 0.239 e. The predicted molar refractivity (Wildman–Crippen MR) is 60.7 cm³/mol. The third-order valence-electron chi connectivity index (χ3n) is 1.93. The van der Waals surface area contributed by atoms with Crippen molar-refractivity contribution >= 4 is 11.8 Å². The van der Waals surface area contributed by atoms with Crippen LogP contribution in [-0.2, 0) is 14.3 Å². The Kier molecular flexibility index (Phi) is 7.49. The number of carbonyl (C=O) groups is 2. The molecule has 0 radical (unpaired) electrons. The molecular formula is C10H21N3O3. The van der Waals surface area contributed by atoms with Gasteiger partial charge in [0.25, 0.3) is 0 Å². The highest BCUT2D eigenvalue weighted by atomic mass is 16.5. The number of nitrogens with two attached hydrogens (primary N) is 1. The van der Waals surface area contributed by atoms with E-state index in [1.54, 1.807) is 0 Å². The van der Waals surface area contributed by atoms with Gasteiger partial charge in [0, 0.05) is 26.1 Å². The van der Waals surface area contributed by atoms with Gasteiger partial charge in [-0.3, -0.25) is 9.59 Å². The zero-order valence-corrected chi connectivity index (χ0v) is 10.1. The highest BCUT2D eigenvalue weighted by Crippen LogP contribution is 1.89. The van der Waals surface area contributed by atoms with Gasteiger partial charge < -0.3 is 21.1 Å². The molecule has 0 heterocycles. The summed E-state index contributed by atoms with van der Waals surface area (Å²) in [5.74, 6) is -0.359. The molecule has 0 aromatic rings. The highest BCUT2D eigenvalue weighted by molar-refractivity contribution is 5.81. The second-order valence-electron chi connectivity index (χ2n) is 3.80. The van der Waals surface area contributed by atoms with Crippen LogP contribution in [-0.4, -0.2) is 44.7 Å². The van der Waals surface area contributed by atoms with Gasteiger partial charge in [0.05, 0.1) is 6.61 Å². The molecule has 94 valence electrons. The average Bonchev–Trinajstić information content (AvgIpc) is 2.23. The summed E-state index contributed by atoms with van der Waals surface area (Å²) in [7, 11) is 1.48. The standard InChI is InChI=1S/C10H21N3O3/c1-7(2)9(14)12-4-5-13-10(15)8(11)6-16-3/h7-8H,4-6,11H2,1-3H3,(H,12,14)(H,13,15). The van der Waals surface area contributed by atoms with Crippen LogP contribution in [0.4, 0.5) is 0 Å². The number of amides is 2. The fraction of sp³-hybridized carbons (Fsp3) is 0.800. The molecule has 1 atom stereocenters. The molecule has 6 heteroatoms. The second kappa shape index (κ2) is 8.06. The van der Waals surface area contributed by atoms with Gasteiger partial charge in [-0.2, -0.15) is 0 Å². The molecule has 0 aliphatic carbocycles. The van der Waals surface area contributed by atoms with Crippen molar-refractivity contribution in [2.75, 3.05) is 26.8 Å². The largest absolute Gasteiger partial charge is 0.383 e. The van der Waals surface area contributed by atoms with Crippen molar-refractivity contribution in [1.29, 1.82) is 0 Å². The summed E-state index contributed by atoms with van der Waals surface area (Å²) in [4.78, 5) is 22.4. The van der Waals surface area contributed by atoms with E-state index < -0.39 is 6.04 Å². The molecule has 4 N–H and O–H groups in total. The van der Waals surface area contributed by atoms with Crippen molar-refractivity contribution in [1.82, 2.24) is 10.6 Å². The molecule has 0 bridgehead atoms. The van der Waals surface area contributed by atoms with Gasteiger partial charge in [-0.05, 0) is 0 Å². The summed E-state index contributed by atoms with van der Waals surface area (Å²) in [6, 6.07) is -0.661. The number of methoxy groups -OCH3 is 1. The number of hydrogen-bond acceptors (Lipinski definition) is 4. The van der Waals surface area contributed by atoms with E-state index in [4.69, 9.17) is 10.5 Å². The molecule has 0 spiro atoms. The number of nitrogens with one attached hydrogen (secondary N) is 2. The molecule has 0 aliphatic rings. The number of ether oxygens (including phenoxy) is 1. The predicted octanol–water partition coefficient (Wildman–Crippen LogP) is -1.15. The summed E-state index contributed by atoms with van der Waals surface area (Å²) in [5, 5.41) is 5.29. The van der Waals surface area contributed by atoms with Crippen LogP contribution in [0.1, 0.15) is 13.8 Å². The van der Waals surface area contributed by atoms with Crippen LogP contribution in [0.5, 0.6) is 0 Å². The van der Waals surface area contributed by atoms with Crippen molar-refractivity contribution in [3.8, 4) is 0 Å². The lowest BCUT2D eigenvalue weighted by Crippen LogP contribution is -2.46. The molecule has 0 saturated heterocycles. The van der Waals surface area contributed by atoms with Crippen LogP contribution in [0.3, 0.4) is 0 Å². The van der Waals surface area contributed by atoms with E-state index in [9.17, 15) is 9.59 Å². The van der Waals surface area contributed by atoms with Gasteiger partial charge in [0.1, 0.15) is 6.04 Å². The molecule has 0 aromatic carbocycles. The quantitative estimate of drug-likeness (QED) is 0.482. The molecule has 0 aliphatic heterocycles. The lowest BCUT2D eigenvalue weighted by Gasteiger charge is -2.12. The molecule has 6 nitrogen and oxygen atoms in total. The zero-order valence-electron chi connectivity index (χ0n) is 10.1. The fourth-order valence-electron chi connectivity index (χ4n) is 0.962. The van der Waals surface area contributed by atoms with Crippen molar-refractivity contribution in [3.05, 3.63) is 0 Å². The van der Waals surface area contributed by atoms with E-state index in [2.05, 4.69) is 10.6 Å². The summed E-state index contributed by atoms with van der Waals surface area (Å²) in [5.41, 5.74) is 5.49. The third kappa shape index (κ3) is 6.36. The molecule has 0 saturated carbocycles. The first-order chi connectivity index (χ1) is 7.49. The van der Waals surface area contributed by atoms with Gasteiger partial charge in [0.15, 0.2) is 0 Å². The molecule has 16 heavy (non-hydrogen) atoms. The smallest absolute Gasteiger partial charge is 0.239 e. The van der Waals surface area contributed by atoms with Gasteiger partial charge in [-0.15, -0.1) is 0 Å². The van der Waals surface area contributed by atoms with E-state index in [0.717, 1.165) is 0 Å². The maximum absolute atomic E-state index is 11.3. The van der Waals surface area contributed by atoms with E-state index in [0.29, 0.717) is 13.1 Å². The number of hydrogen-bond donors (Lipinski definition) is 3. The summed E-state index contributed by atoms with van der Waals surface area (Å²) in [6.07, 6.45) is 0. The molecule has 1 unspecified atom stereocenters. The Bertz CT molecular complexity index is 231. The van der Waals surface area contributed by atoms with E-state index >= 15 is 0 Å². The lowest BCUT2D eigenvalue weighted by molar-refractivity contribution is -0.125. The van der Waals surface area contributed by atoms with E-state index in [-0.39, 0.29) is 24.3 Å². The first-order valence-corrected chi connectivity index (χ1v) is 5.29. The Morgan fingerprint density at radius 1 is 1.19 bits per heavy atom. The van der Waals surface area contributed by atoms with Crippen molar-refractivity contribution < 1.29 is 14.3 Å². The van der Waals surface area contributed by atoms with Crippen molar-refractivity contribution in [3.63, 3.8) is 0 Å². The Morgan fingerprint density at radius 3 is 2.12 bits per heavy atom. The van der Waals surface area contributed by atoms with Crippen LogP contribution in [0.2, 0.25) is 0 Å². The number of rotatable bonds is 7. The van der Waals surface area contributed by atoms with Crippen LogP contribution >= 0.6 is 0 Å². The van der Waals surface area contributed by atoms with Crippen LogP contribution in [0, 0.1) is 5.92 Å². The summed E-state index contributed by atoms with van der Waals surface area (Å²) < 4.78 is 4.75. The second-order valence-corrected chi connectivity index (χ2v) is 3.80. The molecular weight excluding hydrogens is 210 g/mol. The minimum absolute atomic E-state index is 0.0320. The Labute approximate surface area is 95.9 Å². The summed E-state index contributed by atoms with van der Waals surface area (Å²) >= 11 is 0. The van der Waals surface area contributed by atoms with Crippen LogP contribution in [0.15, 0.2) is 0 Å². The topological polar surface area (TPSA) is 93.4 Å². The van der Waals surface area contributed by atoms with Crippen molar-refractivity contribution in [2.24, 2.45) is 11.7 Å². The molecule has 0 rings (SSSR count). The van der Waals surface area contributed by atoms with Crippen LogP contribution < -0.4 is 16.4 Å².